The number of hydrogen-bond donors (Lipinski definition) is 0. The van der Waals surface area contributed by atoms with E-state index in [2.05, 4.69) is 0 Å². The molecule has 0 unspecified atom stereocenters. The van der Waals surface area contributed by atoms with Crippen LogP contribution in [0.4, 0.5) is 4.39 Å². The zero-order valence-corrected chi connectivity index (χ0v) is 12.1. The van der Waals surface area contributed by atoms with E-state index >= 15 is 0 Å². The number of benzene rings is 2. The van der Waals surface area contributed by atoms with Crippen molar-refractivity contribution in [3.8, 4) is 17.0 Å². The second-order valence-corrected chi connectivity index (χ2v) is 4.89. The van der Waals surface area contributed by atoms with Crippen LogP contribution >= 0.6 is 0 Å². The van der Waals surface area contributed by atoms with E-state index in [9.17, 15) is 9.60 Å². The van der Waals surface area contributed by atoms with Gasteiger partial charge in [-0.1, -0.05) is 29.1 Å². The molecule has 1 heterocycles. The Morgan fingerprint density at radius 2 is 1.82 bits per heavy atom. The molecule has 0 bridgehead atoms. The Morgan fingerprint density at radius 3 is 2.50 bits per heavy atom. The van der Waals surface area contributed by atoms with E-state index < -0.39 is 0 Å². The van der Waals surface area contributed by atoms with Crippen LogP contribution in [0.5, 0.6) is 5.75 Å². The molecule has 22 heavy (non-hydrogen) atoms. The predicted molar refractivity (Wildman–Crippen MR) is 80.9 cm³/mol. The summed E-state index contributed by atoms with van der Waals surface area (Å²) in [5.74, 6) is 0.401. The van der Waals surface area contributed by atoms with Crippen LogP contribution in [-0.2, 0) is 6.54 Å². The first-order valence-corrected chi connectivity index (χ1v) is 6.86. The number of methoxy groups -OCH3 is 1. The highest BCUT2D eigenvalue weighted by Gasteiger charge is 2.16. The van der Waals surface area contributed by atoms with Gasteiger partial charge in [0.15, 0.2) is 0 Å². The smallest absolute Gasteiger partial charge is 0.209 e. The Morgan fingerprint density at radius 1 is 1.09 bits per heavy atom. The lowest BCUT2D eigenvalue weighted by Gasteiger charge is -2.09. The maximum Gasteiger partial charge on any atom is 0.209 e. The highest BCUT2D eigenvalue weighted by Crippen LogP contribution is 2.22. The molecule has 4 nitrogen and oxygen atoms in total. The minimum Gasteiger partial charge on any atom is -0.596 e. The summed E-state index contributed by atoms with van der Waals surface area (Å²) in [6.45, 7) is 0.351. The van der Waals surface area contributed by atoms with Crippen molar-refractivity contribution in [3.63, 3.8) is 0 Å². The third kappa shape index (κ3) is 2.65. The van der Waals surface area contributed by atoms with E-state index in [-0.39, 0.29) is 5.82 Å². The van der Waals surface area contributed by atoms with E-state index in [1.54, 1.807) is 31.4 Å². The highest BCUT2D eigenvalue weighted by molar-refractivity contribution is 5.59. The first-order chi connectivity index (χ1) is 10.7. The van der Waals surface area contributed by atoms with Gasteiger partial charge in [0.1, 0.15) is 23.8 Å². The van der Waals surface area contributed by atoms with Crippen LogP contribution in [0.2, 0.25) is 0 Å². The van der Waals surface area contributed by atoms with Crippen molar-refractivity contribution in [2.24, 2.45) is 0 Å². The molecule has 3 aromatic rings. The summed E-state index contributed by atoms with van der Waals surface area (Å²) in [5, 5.41) is 12.0. The first kappa shape index (κ1) is 14.1. The van der Waals surface area contributed by atoms with Crippen LogP contribution in [0.15, 0.2) is 60.8 Å². The molecule has 2 aromatic carbocycles. The molecular weight excluding hydrogens is 283 g/mol. The minimum absolute atomic E-state index is 0.350. The van der Waals surface area contributed by atoms with Crippen LogP contribution in [0.3, 0.4) is 0 Å². The average Bonchev–Trinajstić information content (AvgIpc) is 2.90. The van der Waals surface area contributed by atoms with E-state index in [0.717, 1.165) is 11.3 Å². The Bertz CT molecular complexity index is 782. The third-order valence-corrected chi connectivity index (χ3v) is 3.52. The summed E-state index contributed by atoms with van der Waals surface area (Å²) in [6.07, 6.45) is 1.38. The van der Waals surface area contributed by atoms with Gasteiger partial charge in [0.25, 0.3) is 0 Å². The van der Waals surface area contributed by atoms with E-state index in [1.165, 1.54) is 16.9 Å². The summed E-state index contributed by atoms with van der Waals surface area (Å²) >= 11 is 0. The molecule has 1 aromatic heterocycles. The number of aromatic nitrogens is 2. The number of hydrogen-bond acceptors (Lipinski definition) is 2. The van der Waals surface area contributed by atoms with Crippen molar-refractivity contribution in [3.05, 3.63) is 77.4 Å². The molecular formula is C17H15FN2O2. The van der Waals surface area contributed by atoms with Gasteiger partial charge >= 0.3 is 0 Å². The second kappa shape index (κ2) is 5.89. The van der Waals surface area contributed by atoms with Crippen molar-refractivity contribution in [1.82, 2.24) is 4.68 Å². The van der Waals surface area contributed by atoms with Gasteiger partial charge in [0.2, 0.25) is 6.20 Å². The quantitative estimate of drug-likeness (QED) is 0.549. The molecule has 112 valence electrons. The largest absolute Gasteiger partial charge is 0.596 e. The van der Waals surface area contributed by atoms with Crippen molar-refractivity contribution in [1.29, 1.82) is 0 Å². The fraction of sp³-hybridized carbons (Fsp3) is 0.118. The van der Waals surface area contributed by atoms with Gasteiger partial charge in [-0.2, -0.15) is 0 Å². The Kier molecular flexibility index (Phi) is 3.78. The van der Waals surface area contributed by atoms with E-state index in [0.29, 0.717) is 22.6 Å². The number of rotatable bonds is 4. The van der Waals surface area contributed by atoms with Crippen LogP contribution in [0.25, 0.3) is 11.3 Å². The van der Waals surface area contributed by atoms with Crippen molar-refractivity contribution in [2.75, 3.05) is 7.11 Å². The Balaban J connectivity index is 1.97. The lowest BCUT2D eigenvalue weighted by molar-refractivity contribution is -0.692. The maximum atomic E-state index is 14.0. The number of nitrogens with zero attached hydrogens (tertiary/aromatic N) is 2. The van der Waals surface area contributed by atoms with Crippen molar-refractivity contribution >= 4 is 0 Å². The lowest BCUT2D eigenvalue weighted by Crippen LogP contribution is -2.37. The zero-order valence-electron chi connectivity index (χ0n) is 12.1. The average molecular weight is 298 g/mol. The molecule has 0 aliphatic rings. The molecule has 0 spiro atoms. The van der Waals surface area contributed by atoms with E-state index in [1.807, 2.05) is 24.3 Å². The lowest BCUT2D eigenvalue weighted by atomic mass is 10.1. The fourth-order valence-corrected chi connectivity index (χ4v) is 2.36. The molecule has 0 aliphatic carbocycles. The number of ether oxygens (including phenoxy) is 1. The molecule has 0 fully saturated rings. The first-order valence-electron chi connectivity index (χ1n) is 6.86. The molecule has 0 atom stereocenters. The van der Waals surface area contributed by atoms with Gasteiger partial charge in [-0.15, -0.1) is 4.68 Å². The summed E-state index contributed by atoms with van der Waals surface area (Å²) in [4.78, 5) is 0.714. The summed E-state index contributed by atoms with van der Waals surface area (Å²) in [6, 6.07) is 15.5. The Labute approximate surface area is 127 Å². The van der Waals surface area contributed by atoms with Crippen LogP contribution in [-0.4, -0.2) is 11.8 Å². The predicted octanol–water partition coefficient (Wildman–Crippen LogP) is 2.98. The van der Waals surface area contributed by atoms with E-state index in [4.69, 9.17) is 4.74 Å². The van der Waals surface area contributed by atoms with Crippen LogP contribution in [0.1, 0.15) is 5.56 Å². The van der Waals surface area contributed by atoms with Gasteiger partial charge < -0.3 is 9.94 Å². The molecule has 0 saturated carbocycles. The molecule has 3 rings (SSSR count). The van der Waals surface area contributed by atoms with Crippen molar-refractivity contribution < 1.29 is 14.0 Å². The summed E-state index contributed by atoms with van der Waals surface area (Å²) in [7, 11) is 1.60. The minimum atomic E-state index is -0.350. The van der Waals surface area contributed by atoms with Gasteiger partial charge in [0.05, 0.1) is 7.11 Å². The topological polar surface area (TPSA) is 41.1 Å². The highest BCUT2D eigenvalue weighted by atomic mass is 19.1. The van der Waals surface area contributed by atoms with Crippen LogP contribution in [0, 0.1) is 11.0 Å². The third-order valence-electron chi connectivity index (χ3n) is 3.52. The standard InChI is InChI=1S/C17H15FN2O2/c1-22-14-8-6-13(7-9-14)12-19-17(10-11-20(19)21)15-4-2-3-5-16(15)18/h2-11H,12H2,1H3. The Hall–Kier alpha value is -2.82. The normalized spacial score (nSPS) is 10.6. The van der Waals surface area contributed by atoms with Gasteiger partial charge in [-0.3, -0.25) is 0 Å². The van der Waals surface area contributed by atoms with Crippen molar-refractivity contribution in [2.45, 2.75) is 6.54 Å². The molecule has 0 N–H and O–H groups in total. The SMILES string of the molecule is COc1ccc(Cn2c(-c3ccccc3F)cc[n+]2[O-])cc1. The number of halogens is 1. The molecule has 0 saturated heterocycles. The summed E-state index contributed by atoms with van der Waals surface area (Å²) in [5.41, 5.74) is 1.88. The van der Waals surface area contributed by atoms with Gasteiger partial charge in [0, 0.05) is 11.6 Å². The monoisotopic (exact) mass is 298 g/mol. The molecule has 0 radical (unpaired) electrons. The molecule has 0 aliphatic heterocycles. The van der Waals surface area contributed by atoms with Crippen LogP contribution < -0.4 is 9.58 Å². The molecule has 0 amide bonds. The maximum absolute atomic E-state index is 14.0. The zero-order chi connectivity index (χ0) is 15.5. The van der Waals surface area contributed by atoms with Gasteiger partial charge in [-0.05, 0) is 29.8 Å². The second-order valence-electron chi connectivity index (χ2n) is 4.89. The van der Waals surface area contributed by atoms with Gasteiger partial charge in [-0.25, -0.2) is 4.39 Å². The summed E-state index contributed by atoms with van der Waals surface area (Å²) < 4.78 is 20.6. The fourth-order valence-electron chi connectivity index (χ4n) is 2.36. The molecule has 5 heteroatoms.